The van der Waals surface area contributed by atoms with Crippen LogP contribution in [0.25, 0.3) is 0 Å². The highest BCUT2D eigenvalue weighted by atomic mass is 16.3. The van der Waals surface area contributed by atoms with Crippen LogP contribution in [0.5, 0.6) is 5.75 Å². The van der Waals surface area contributed by atoms with Crippen molar-refractivity contribution < 1.29 is 9.90 Å². The van der Waals surface area contributed by atoms with E-state index in [-0.39, 0.29) is 23.7 Å². The van der Waals surface area contributed by atoms with Gasteiger partial charge >= 0.3 is 0 Å². The summed E-state index contributed by atoms with van der Waals surface area (Å²) in [6.45, 7) is 1.86. The van der Waals surface area contributed by atoms with Crippen LogP contribution in [0.2, 0.25) is 0 Å². The molecule has 0 aliphatic heterocycles. The molecule has 0 bridgehead atoms. The molecule has 18 heavy (non-hydrogen) atoms. The SMILES string of the molecule is CNC(=O)C(C)NC1CCCc2ccc(O)cc21. The minimum Gasteiger partial charge on any atom is -0.508 e. The first kappa shape index (κ1) is 12.9. The van der Waals surface area contributed by atoms with Crippen LogP contribution >= 0.6 is 0 Å². The summed E-state index contributed by atoms with van der Waals surface area (Å²) in [7, 11) is 1.64. The smallest absolute Gasteiger partial charge is 0.236 e. The number of phenols is 1. The lowest BCUT2D eigenvalue weighted by atomic mass is 9.87. The molecular formula is C14H20N2O2. The average Bonchev–Trinajstić information content (AvgIpc) is 2.38. The molecule has 0 radical (unpaired) electrons. The molecule has 2 atom stereocenters. The number of carbonyl (C=O) groups is 1. The molecule has 3 N–H and O–H groups in total. The Bertz CT molecular complexity index is 445. The molecule has 4 nitrogen and oxygen atoms in total. The first-order valence-electron chi connectivity index (χ1n) is 6.41. The van der Waals surface area contributed by atoms with Crippen LogP contribution in [0.3, 0.4) is 0 Å². The van der Waals surface area contributed by atoms with Gasteiger partial charge in [0.2, 0.25) is 5.91 Å². The topological polar surface area (TPSA) is 61.4 Å². The first-order chi connectivity index (χ1) is 8.61. The third-order valence-electron chi connectivity index (χ3n) is 3.53. The number of nitrogens with one attached hydrogen (secondary N) is 2. The van der Waals surface area contributed by atoms with Crippen LogP contribution in [0.1, 0.15) is 36.9 Å². The van der Waals surface area contributed by atoms with E-state index in [9.17, 15) is 9.90 Å². The normalized spacial score (nSPS) is 20.0. The average molecular weight is 248 g/mol. The predicted octanol–water partition coefficient (Wildman–Crippen LogP) is 1.49. The Morgan fingerprint density at radius 1 is 1.50 bits per heavy atom. The zero-order valence-corrected chi connectivity index (χ0v) is 10.9. The summed E-state index contributed by atoms with van der Waals surface area (Å²) < 4.78 is 0. The molecule has 1 aliphatic carbocycles. The maximum Gasteiger partial charge on any atom is 0.236 e. The Morgan fingerprint density at radius 2 is 2.28 bits per heavy atom. The molecule has 4 heteroatoms. The number of rotatable bonds is 3. The number of phenolic OH excluding ortho intramolecular Hbond substituents is 1. The largest absolute Gasteiger partial charge is 0.508 e. The van der Waals surface area contributed by atoms with Crippen molar-refractivity contribution in [1.29, 1.82) is 0 Å². The van der Waals surface area contributed by atoms with E-state index in [0.29, 0.717) is 0 Å². The Kier molecular flexibility index (Phi) is 3.87. The fourth-order valence-electron chi connectivity index (χ4n) is 2.55. The van der Waals surface area contributed by atoms with Gasteiger partial charge in [0.15, 0.2) is 0 Å². The maximum atomic E-state index is 11.5. The van der Waals surface area contributed by atoms with Gasteiger partial charge in [-0.1, -0.05) is 6.07 Å². The third-order valence-corrected chi connectivity index (χ3v) is 3.53. The van der Waals surface area contributed by atoms with Gasteiger partial charge in [-0.25, -0.2) is 0 Å². The van der Waals surface area contributed by atoms with Crippen LogP contribution in [-0.4, -0.2) is 24.1 Å². The van der Waals surface area contributed by atoms with E-state index in [0.717, 1.165) is 24.8 Å². The highest BCUT2D eigenvalue weighted by Crippen LogP contribution is 2.32. The number of benzene rings is 1. The maximum absolute atomic E-state index is 11.5. The number of hydrogen-bond acceptors (Lipinski definition) is 3. The number of amides is 1. The van der Waals surface area contributed by atoms with Crippen LogP contribution in [0.15, 0.2) is 18.2 Å². The third kappa shape index (κ3) is 2.64. The van der Waals surface area contributed by atoms with Crippen molar-refractivity contribution >= 4 is 5.91 Å². The molecule has 1 aromatic carbocycles. The van der Waals surface area contributed by atoms with Crippen molar-refractivity contribution in [1.82, 2.24) is 10.6 Å². The van der Waals surface area contributed by atoms with Gasteiger partial charge in [-0.3, -0.25) is 10.1 Å². The number of fused-ring (bicyclic) bond motifs is 1. The highest BCUT2D eigenvalue weighted by Gasteiger charge is 2.23. The molecule has 0 saturated heterocycles. The van der Waals surface area contributed by atoms with E-state index in [1.54, 1.807) is 13.1 Å². The Hall–Kier alpha value is -1.55. The second-order valence-electron chi connectivity index (χ2n) is 4.83. The molecule has 1 aromatic rings. The fourth-order valence-corrected chi connectivity index (χ4v) is 2.55. The van der Waals surface area contributed by atoms with Crippen LogP contribution in [0, 0.1) is 0 Å². The van der Waals surface area contributed by atoms with E-state index < -0.39 is 0 Å². The van der Waals surface area contributed by atoms with Crippen molar-refractivity contribution in [2.24, 2.45) is 0 Å². The number of likely N-dealkylation sites (N-methyl/N-ethyl adjacent to an activating group) is 1. The molecule has 0 saturated carbocycles. The molecule has 0 spiro atoms. The van der Waals surface area contributed by atoms with Gasteiger partial charge in [0.05, 0.1) is 6.04 Å². The quantitative estimate of drug-likeness (QED) is 0.759. The lowest BCUT2D eigenvalue weighted by Gasteiger charge is -2.28. The molecule has 2 unspecified atom stereocenters. The Morgan fingerprint density at radius 3 is 3.00 bits per heavy atom. The molecule has 0 heterocycles. The van der Waals surface area contributed by atoms with Gasteiger partial charge in [0.25, 0.3) is 0 Å². The number of aromatic hydroxyl groups is 1. The van der Waals surface area contributed by atoms with Crippen molar-refractivity contribution in [3.05, 3.63) is 29.3 Å². The predicted molar refractivity (Wildman–Crippen MR) is 70.5 cm³/mol. The number of hydrogen-bond donors (Lipinski definition) is 3. The molecule has 0 aromatic heterocycles. The zero-order valence-electron chi connectivity index (χ0n) is 10.9. The van der Waals surface area contributed by atoms with E-state index >= 15 is 0 Å². The lowest BCUT2D eigenvalue weighted by Crippen LogP contribution is -2.43. The lowest BCUT2D eigenvalue weighted by molar-refractivity contribution is -0.122. The monoisotopic (exact) mass is 248 g/mol. The van der Waals surface area contributed by atoms with E-state index in [2.05, 4.69) is 10.6 Å². The summed E-state index contributed by atoms with van der Waals surface area (Å²) in [4.78, 5) is 11.5. The summed E-state index contributed by atoms with van der Waals surface area (Å²) >= 11 is 0. The van der Waals surface area contributed by atoms with Gasteiger partial charge < -0.3 is 10.4 Å². The Balaban J connectivity index is 2.17. The summed E-state index contributed by atoms with van der Waals surface area (Å²) in [6, 6.07) is 5.43. The van der Waals surface area contributed by atoms with Crippen molar-refractivity contribution in [2.75, 3.05) is 7.05 Å². The van der Waals surface area contributed by atoms with Gasteiger partial charge in [0, 0.05) is 13.1 Å². The van der Waals surface area contributed by atoms with Crippen LogP contribution < -0.4 is 10.6 Å². The van der Waals surface area contributed by atoms with Gasteiger partial charge in [-0.15, -0.1) is 0 Å². The van der Waals surface area contributed by atoms with Gasteiger partial charge in [-0.2, -0.15) is 0 Å². The molecule has 0 fully saturated rings. The highest BCUT2D eigenvalue weighted by molar-refractivity contribution is 5.81. The molecule has 1 amide bonds. The number of carbonyl (C=O) groups excluding carboxylic acids is 1. The van der Waals surface area contributed by atoms with E-state index in [1.165, 1.54) is 5.56 Å². The minimum absolute atomic E-state index is 0.0118. The van der Waals surface area contributed by atoms with E-state index in [4.69, 9.17) is 0 Å². The van der Waals surface area contributed by atoms with Crippen LogP contribution in [-0.2, 0) is 11.2 Å². The molecule has 1 aliphatic rings. The second-order valence-corrected chi connectivity index (χ2v) is 4.83. The standard InChI is InChI=1S/C14H20N2O2/c1-9(14(18)15-2)16-13-5-3-4-10-6-7-11(17)8-12(10)13/h6-9,13,16-17H,3-5H2,1-2H3,(H,15,18). The van der Waals surface area contributed by atoms with Gasteiger partial charge in [0.1, 0.15) is 5.75 Å². The van der Waals surface area contributed by atoms with Crippen LogP contribution in [0.4, 0.5) is 0 Å². The van der Waals surface area contributed by atoms with E-state index in [1.807, 2.05) is 19.1 Å². The van der Waals surface area contributed by atoms with Crippen molar-refractivity contribution in [3.8, 4) is 5.75 Å². The fraction of sp³-hybridized carbons (Fsp3) is 0.500. The minimum atomic E-state index is -0.228. The molecule has 98 valence electrons. The number of aryl methyl sites for hydroxylation is 1. The van der Waals surface area contributed by atoms with Gasteiger partial charge in [-0.05, 0) is 49.4 Å². The Labute approximate surface area is 107 Å². The summed E-state index contributed by atoms with van der Waals surface area (Å²) in [5, 5.41) is 15.6. The zero-order chi connectivity index (χ0) is 13.1. The summed E-state index contributed by atoms with van der Waals surface area (Å²) in [6.07, 6.45) is 3.15. The summed E-state index contributed by atoms with van der Waals surface area (Å²) in [5.74, 6) is 0.275. The first-order valence-corrected chi connectivity index (χ1v) is 6.41. The van der Waals surface area contributed by atoms with Crippen molar-refractivity contribution in [2.45, 2.75) is 38.3 Å². The molecular weight excluding hydrogens is 228 g/mol. The summed E-state index contributed by atoms with van der Waals surface area (Å²) in [5.41, 5.74) is 2.39. The van der Waals surface area contributed by atoms with Crippen molar-refractivity contribution in [3.63, 3.8) is 0 Å². The molecule has 2 rings (SSSR count). The second kappa shape index (κ2) is 5.40.